The van der Waals surface area contributed by atoms with Crippen molar-refractivity contribution in [1.29, 1.82) is 5.26 Å². The molecule has 4 nitrogen and oxygen atoms in total. The Bertz CT molecular complexity index is 622. The number of halogens is 1. The highest BCUT2D eigenvalue weighted by atomic mass is 79.9. The van der Waals surface area contributed by atoms with E-state index < -0.39 is 6.10 Å². The summed E-state index contributed by atoms with van der Waals surface area (Å²) in [6, 6.07) is 14.4. The molecule has 2 rings (SSSR count). The topological polar surface area (TPSA) is 68.9 Å². The highest BCUT2D eigenvalue weighted by molar-refractivity contribution is 9.10. The number of hydrogen-bond acceptors (Lipinski definition) is 4. The number of nitrogens with zero attached hydrogens (tertiary/aromatic N) is 2. The Morgan fingerprint density at radius 2 is 1.95 bits per heavy atom. The zero-order chi connectivity index (χ0) is 14.5. The first-order valence-corrected chi connectivity index (χ1v) is 6.96. The predicted molar refractivity (Wildman–Crippen MR) is 81.1 cm³/mol. The van der Waals surface area contributed by atoms with Gasteiger partial charge in [-0.15, -0.1) is 0 Å². The van der Waals surface area contributed by atoms with Crippen LogP contribution in [0.2, 0.25) is 0 Å². The molecule has 1 heterocycles. The molecule has 0 saturated carbocycles. The number of nitriles is 1. The van der Waals surface area contributed by atoms with E-state index in [0.29, 0.717) is 11.5 Å². The van der Waals surface area contributed by atoms with Crippen LogP contribution in [0.5, 0.6) is 0 Å². The first-order valence-electron chi connectivity index (χ1n) is 6.17. The van der Waals surface area contributed by atoms with Gasteiger partial charge in [-0.25, -0.2) is 4.98 Å². The Kier molecular flexibility index (Phi) is 4.72. The number of anilines is 1. The third-order valence-corrected chi connectivity index (χ3v) is 3.45. The summed E-state index contributed by atoms with van der Waals surface area (Å²) in [7, 11) is 0. The number of rotatable bonds is 4. The Morgan fingerprint density at radius 3 is 2.60 bits per heavy atom. The van der Waals surface area contributed by atoms with Gasteiger partial charge in [0.2, 0.25) is 0 Å². The SMILES string of the molecule is CC(Nc1cccc(C#N)n1)C(O)c1ccc(Br)cc1. The molecule has 0 aliphatic carbocycles. The van der Waals surface area contributed by atoms with Crippen molar-refractivity contribution in [3.05, 3.63) is 58.2 Å². The van der Waals surface area contributed by atoms with E-state index in [4.69, 9.17) is 5.26 Å². The molecule has 1 aromatic carbocycles. The minimum Gasteiger partial charge on any atom is -0.386 e. The number of aliphatic hydroxyl groups excluding tert-OH is 1. The molecule has 0 aliphatic heterocycles. The van der Waals surface area contributed by atoms with Gasteiger partial charge < -0.3 is 10.4 Å². The highest BCUT2D eigenvalue weighted by Crippen LogP contribution is 2.21. The van der Waals surface area contributed by atoms with Crippen LogP contribution in [0.25, 0.3) is 0 Å². The molecule has 0 aliphatic rings. The van der Waals surface area contributed by atoms with Crippen LogP contribution < -0.4 is 5.32 Å². The van der Waals surface area contributed by atoms with Crippen molar-refractivity contribution in [2.24, 2.45) is 0 Å². The van der Waals surface area contributed by atoms with Crippen LogP contribution in [-0.2, 0) is 0 Å². The summed E-state index contributed by atoms with van der Waals surface area (Å²) < 4.78 is 0.970. The van der Waals surface area contributed by atoms with Crippen molar-refractivity contribution in [1.82, 2.24) is 4.98 Å². The van der Waals surface area contributed by atoms with Crippen LogP contribution in [0, 0.1) is 11.3 Å². The van der Waals surface area contributed by atoms with Gasteiger partial charge >= 0.3 is 0 Å². The fraction of sp³-hybridized carbons (Fsp3) is 0.200. The molecule has 2 atom stereocenters. The number of benzene rings is 1. The second-order valence-electron chi connectivity index (χ2n) is 4.45. The summed E-state index contributed by atoms with van der Waals surface area (Å²) >= 11 is 3.36. The largest absolute Gasteiger partial charge is 0.386 e. The van der Waals surface area contributed by atoms with Gasteiger partial charge in [0.1, 0.15) is 17.6 Å². The normalized spacial score (nSPS) is 13.3. The summed E-state index contributed by atoms with van der Waals surface area (Å²) in [5.74, 6) is 0.577. The van der Waals surface area contributed by atoms with E-state index in [1.54, 1.807) is 18.2 Å². The Balaban J connectivity index is 2.09. The second-order valence-corrected chi connectivity index (χ2v) is 5.36. The maximum Gasteiger partial charge on any atom is 0.142 e. The molecule has 0 saturated heterocycles. The van der Waals surface area contributed by atoms with E-state index in [9.17, 15) is 5.11 Å². The molecule has 102 valence electrons. The van der Waals surface area contributed by atoms with Gasteiger partial charge in [0, 0.05) is 4.47 Å². The van der Waals surface area contributed by atoms with Gasteiger partial charge in [-0.2, -0.15) is 5.26 Å². The summed E-state index contributed by atoms with van der Waals surface area (Å²) in [4.78, 5) is 4.13. The molecular formula is C15H14BrN3O. The van der Waals surface area contributed by atoms with Gasteiger partial charge in [-0.1, -0.05) is 34.1 Å². The molecule has 0 bridgehead atoms. The predicted octanol–water partition coefficient (Wildman–Crippen LogP) is 3.25. The minimum absolute atomic E-state index is 0.224. The lowest BCUT2D eigenvalue weighted by atomic mass is 10.0. The lowest BCUT2D eigenvalue weighted by Gasteiger charge is -2.21. The van der Waals surface area contributed by atoms with Gasteiger partial charge in [0.05, 0.1) is 12.1 Å². The molecule has 2 unspecified atom stereocenters. The van der Waals surface area contributed by atoms with Gasteiger partial charge in [0.15, 0.2) is 0 Å². The maximum atomic E-state index is 10.3. The van der Waals surface area contributed by atoms with Crippen molar-refractivity contribution in [3.63, 3.8) is 0 Å². The number of nitrogens with one attached hydrogen (secondary N) is 1. The molecule has 20 heavy (non-hydrogen) atoms. The lowest BCUT2D eigenvalue weighted by molar-refractivity contribution is 0.160. The van der Waals surface area contributed by atoms with Gasteiger partial charge in [0.25, 0.3) is 0 Å². The average Bonchev–Trinajstić information content (AvgIpc) is 2.47. The quantitative estimate of drug-likeness (QED) is 0.902. The zero-order valence-corrected chi connectivity index (χ0v) is 12.5. The Hall–Kier alpha value is -1.90. The summed E-state index contributed by atoms with van der Waals surface area (Å²) in [5.41, 5.74) is 1.17. The van der Waals surface area contributed by atoms with E-state index >= 15 is 0 Å². The van der Waals surface area contributed by atoms with Crippen LogP contribution in [0.1, 0.15) is 24.3 Å². The summed E-state index contributed by atoms with van der Waals surface area (Å²) in [6.45, 7) is 1.87. The fourth-order valence-corrected chi connectivity index (χ4v) is 2.10. The molecule has 2 aromatic rings. The molecule has 0 amide bonds. The lowest BCUT2D eigenvalue weighted by Crippen LogP contribution is -2.24. The molecule has 0 spiro atoms. The monoisotopic (exact) mass is 331 g/mol. The first kappa shape index (κ1) is 14.5. The van der Waals surface area contributed by atoms with Crippen LogP contribution in [-0.4, -0.2) is 16.1 Å². The van der Waals surface area contributed by atoms with Crippen molar-refractivity contribution in [3.8, 4) is 6.07 Å². The van der Waals surface area contributed by atoms with Crippen LogP contribution in [0.15, 0.2) is 46.9 Å². The smallest absolute Gasteiger partial charge is 0.142 e. The van der Waals surface area contributed by atoms with Crippen LogP contribution >= 0.6 is 15.9 Å². The Morgan fingerprint density at radius 1 is 1.25 bits per heavy atom. The molecular weight excluding hydrogens is 318 g/mol. The van der Waals surface area contributed by atoms with Crippen LogP contribution in [0.4, 0.5) is 5.82 Å². The third-order valence-electron chi connectivity index (χ3n) is 2.92. The molecule has 5 heteroatoms. The third kappa shape index (κ3) is 3.56. The van der Waals surface area contributed by atoms with E-state index in [0.717, 1.165) is 10.0 Å². The van der Waals surface area contributed by atoms with Crippen molar-refractivity contribution >= 4 is 21.7 Å². The van der Waals surface area contributed by atoms with Gasteiger partial charge in [-0.05, 0) is 36.8 Å². The van der Waals surface area contributed by atoms with Crippen LogP contribution in [0.3, 0.4) is 0 Å². The summed E-state index contributed by atoms with van der Waals surface area (Å²) in [5, 5.41) is 22.2. The number of pyridine rings is 1. The van der Waals surface area contributed by atoms with Crippen molar-refractivity contribution in [2.45, 2.75) is 19.1 Å². The zero-order valence-electron chi connectivity index (χ0n) is 10.9. The number of aromatic nitrogens is 1. The van der Waals surface area contributed by atoms with Crippen molar-refractivity contribution in [2.75, 3.05) is 5.32 Å². The molecule has 1 aromatic heterocycles. The fourth-order valence-electron chi connectivity index (χ4n) is 1.84. The number of hydrogen-bond donors (Lipinski definition) is 2. The highest BCUT2D eigenvalue weighted by Gasteiger charge is 2.16. The van der Waals surface area contributed by atoms with Gasteiger partial charge in [-0.3, -0.25) is 0 Å². The molecule has 0 radical (unpaired) electrons. The van der Waals surface area contributed by atoms with E-state index in [1.807, 2.05) is 37.3 Å². The van der Waals surface area contributed by atoms with E-state index in [2.05, 4.69) is 26.2 Å². The van der Waals surface area contributed by atoms with E-state index in [1.165, 1.54) is 0 Å². The minimum atomic E-state index is -0.657. The average molecular weight is 332 g/mol. The van der Waals surface area contributed by atoms with E-state index in [-0.39, 0.29) is 6.04 Å². The standard InChI is InChI=1S/C15H14BrN3O/c1-10(15(20)11-5-7-12(16)8-6-11)18-14-4-2-3-13(9-17)19-14/h2-8,10,15,20H,1H3,(H,18,19). The molecule has 2 N–H and O–H groups in total. The molecule has 0 fully saturated rings. The number of aliphatic hydroxyl groups is 1. The van der Waals surface area contributed by atoms with Crippen molar-refractivity contribution < 1.29 is 5.11 Å². The Labute approximate surface area is 126 Å². The maximum absolute atomic E-state index is 10.3. The second kappa shape index (κ2) is 6.51. The first-order chi connectivity index (χ1) is 9.60. The summed E-state index contributed by atoms with van der Waals surface area (Å²) in [6.07, 6.45) is -0.657.